The van der Waals surface area contributed by atoms with Crippen LogP contribution in [0.2, 0.25) is 0 Å². The number of aromatic nitrogens is 1. The molecule has 0 aliphatic carbocycles. The van der Waals surface area contributed by atoms with E-state index in [4.69, 9.17) is 0 Å². The zero-order valence-corrected chi connectivity index (χ0v) is 14.1. The first-order chi connectivity index (χ1) is 10.3. The molecule has 0 atom stereocenters. The van der Waals surface area contributed by atoms with E-state index < -0.39 is 0 Å². The Morgan fingerprint density at radius 3 is 2.29 bits per heavy atom. The molecule has 0 saturated carbocycles. The Labute approximate surface area is 129 Å². The first-order valence-corrected chi connectivity index (χ1v) is 7.75. The van der Waals surface area contributed by atoms with Crippen molar-refractivity contribution >= 4 is 16.6 Å². The third kappa shape index (κ3) is 5.82. The van der Waals surface area contributed by atoms with Gasteiger partial charge in [0.1, 0.15) is 0 Å². The zero-order valence-electron chi connectivity index (χ0n) is 14.1. The Bertz CT molecular complexity index is 563. The third-order valence-electron chi connectivity index (χ3n) is 2.59. The van der Waals surface area contributed by atoms with E-state index in [-0.39, 0.29) is 0 Å². The van der Waals surface area contributed by atoms with Crippen molar-refractivity contribution in [2.75, 3.05) is 5.32 Å². The molecular weight excluding hydrogens is 256 g/mol. The Balaban J connectivity index is 0.000000921. The number of hydrogen-bond acceptors (Lipinski definition) is 2. The van der Waals surface area contributed by atoms with Crippen LogP contribution in [0.15, 0.2) is 60.5 Å². The summed E-state index contributed by atoms with van der Waals surface area (Å²) in [6, 6.07) is 10.1. The van der Waals surface area contributed by atoms with Crippen LogP contribution in [0, 0.1) is 0 Å². The number of benzene rings is 1. The molecule has 0 radical (unpaired) electrons. The van der Waals surface area contributed by atoms with Gasteiger partial charge >= 0.3 is 0 Å². The molecule has 0 saturated heterocycles. The van der Waals surface area contributed by atoms with Gasteiger partial charge in [0.2, 0.25) is 0 Å². The fourth-order valence-corrected chi connectivity index (χ4v) is 1.75. The van der Waals surface area contributed by atoms with Gasteiger partial charge in [0.05, 0.1) is 5.52 Å². The summed E-state index contributed by atoms with van der Waals surface area (Å²) in [6.45, 7) is 12.0. The second kappa shape index (κ2) is 11.7. The van der Waals surface area contributed by atoms with Crippen LogP contribution in [0.4, 0.5) is 5.69 Å². The monoisotopic (exact) mass is 284 g/mol. The average molecular weight is 284 g/mol. The number of allylic oxidation sites excluding steroid dienone is 3. The maximum atomic E-state index is 4.34. The number of fused-ring (bicyclic) bond motifs is 1. The molecule has 0 bridgehead atoms. The highest BCUT2D eigenvalue weighted by Gasteiger charge is 2.00. The summed E-state index contributed by atoms with van der Waals surface area (Å²) >= 11 is 0. The molecule has 114 valence electrons. The second-order valence-electron chi connectivity index (χ2n) is 3.74. The topological polar surface area (TPSA) is 24.9 Å². The first-order valence-electron chi connectivity index (χ1n) is 7.75. The molecule has 0 spiro atoms. The van der Waals surface area contributed by atoms with E-state index in [0.29, 0.717) is 0 Å². The molecule has 2 nitrogen and oxygen atoms in total. The molecule has 21 heavy (non-hydrogen) atoms. The van der Waals surface area contributed by atoms with Gasteiger partial charge in [0, 0.05) is 23.0 Å². The molecule has 0 amide bonds. The van der Waals surface area contributed by atoms with Crippen molar-refractivity contribution in [1.82, 2.24) is 4.98 Å². The molecule has 1 N–H and O–H groups in total. The maximum Gasteiger partial charge on any atom is 0.0722 e. The Hall–Kier alpha value is -2.09. The smallest absolute Gasteiger partial charge is 0.0722 e. The average Bonchev–Trinajstić information content (AvgIpc) is 2.58. The third-order valence-corrected chi connectivity index (χ3v) is 2.59. The fraction of sp³-hybridized carbons (Fsp3) is 0.316. The van der Waals surface area contributed by atoms with E-state index in [9.17, 15) is 0 Å². The van der Waals surface area contributed by atoms with E-state index in [0.717, 1.165) is 22.3 Å². The molecule has 0 aliphatic rings. The van der Waals surface area contributed by atoms with Crippen LogP contribution in [0.5, 0.6) is 0 Å². The van der Waals surface area contributed by atoms with Crippen molar-refractivity contribution < 1.29 is 0 Å². The number of nitrogens with zero attached hydrogens (tertiary/aromatic N) is 1. The van der Waals surface area contributed by atoms with Crippen molar-refractivity contribution in [3.05, 3.63) is 60.5 Å². The van der Waals surface area contributed by atoms with Gasteiger partial charge in [-0.05, 0) is 32.1 Å². The Morgan fingerprint density at radius 1 is 1.00 bits per heavy atom. The molecular formula is C19H28N2. The second-order valence-corrected chi connectivity index (χ2v) is 3.74. The van der Waals surface area contributed by atoms with Crippen LogP contribution in [-0.2, 0) is 0 Å². The van der Waals surface area contributed by atoms with E-state index in [1.165, 1.54) is 0 Å². The van der Waals surface area contributed by atoms with Crippen molar-refractivity contribution in [2.45, 2.75) is 41.5 Å². The summed E-state index contributed by atoms with van der Waals surface area (Å²) in [5.41, 5.74) is 3.18. The summed E-state index contributed by atoms with van der Waals surface area (Å²) < 4.78 is 0. The maximum absolute atomic E-state index is 4.34. The zero-order chi connectivity index (χ0) is 16.1. The predicted molar refractivity (Wildman–Crippen MR) is 96.6 cm³/mol. The summed E-state index contributed by atoms with van der Waals surface area (Å²) in [7, 11) is 0. The summed E-state index contributed by atoms with van der Waals surface area (Å²) in [5, 5.41) is 4.54. The van der Waals surface area contributed by atoms with Gasteiger partial charge in [-0.15, -0.1) is 0 Å². The van der Waals surface area contributed by atoms with Crippen LogP contribution in [0.3, 0.4) is 0 Å². The molecule has 2 aromatic rings. The summed E-state index contributed by atoms with van der Waals surface area (Å²) in [5.74, 6) is 0. The predicted octanol–water partition coefficient (Wildman–Crippen LogP) is 6.18. The number of pyridine rings is 1. The van der Waals surface area contributed by atoms with E-state index in [1.807, 2.05) is 78.1 Å². The fourth-order valence-electron chi connectivity index (χ4n) is 1.75. The number of para-hydroxylation sites is 1. The number of rotatable bonds is 3. The number of nitrogens with one attached hydrogen (secondary N) is 1. The lowest BCUT2D eigenvalue weighted by Gasteiger charge is -2.09. The highest BCUT2D eigenvalue weighted by Crippen LogP contribution is 2.22. The van der Waals surface area contributed by atoms with Crippen LogP contribution < -0.4 is 5.32 Å². The molecule has 0 aliphatic heterocycles. The first kappa shape index (κ1) is 18.9. The lowest BCUT2D eigenvalue weighted by molar-refractivity contribution is 1.38. The summed E-state index contributed by atoms with van der Waals surface area (Å²) in [4.78, 5) is 4.34. The molecule has 0 fully saturated rings. The van der Waals surface area contributed by atoms with E-state index in [2.05, 4.69) is 28.5 Å². The number of hydrogen-bond donors (Lipinski definition) is 1. The van der Waals surface area contributed by atoms with Gasteiger partial charge in [-0.3, -0.25) is 4.98 Å². The SMILES string of the molecule is C/C=C\C(=C/C)Nc1ccnc2ccccc12.CC.CC. The molecule has 1 aromatic carbocycles. The molecule has 2 heteroatoms. The Kier molecular flexibility index (Phi) is 10.5. The molecule has 2 rings (SSSR count). The van der Waals surface area contributed by atoms with E-state index >= 15 is 0 Å². The minimum atomic E-state index is 1.01. The minimum absolute atomic E-state index is 1.01. The van der Waals surface area contributed by atoms with Gasteiger partial charge in [0.25, 0.3) is 0 Å². The van der Waals surface area contributed by atoms with Crippen LogP contribution in [0.25, 0.3) is 10.9 Å². The van der Waals surface area contributed by atoms with E-state index in [1.54, 1.807) is 0 Å². The van der Waals surface area contributed by atoms with Crippen molar-refractivity contribution in [2.24, 2.45) is 0 Å². The summed E-state index contributed by atoms with van der Waals surface area (Å²) in [6.07, 6.45) is 7.95. The molecule has 1 heterocycles. The standard InChI is InChI=1S/C15H16N2.2C2H6/c1-3-7-12(4-2)17-15-10-11-16-14-9-6-5-8-13(14)15;2*1-2/h3-11H,1-2H3,(H,16,17);2*1-2H3/b7-3-,12-4+;;. The highest BCUT2D eigenvalue weighted by atomic mass is 14.9. The number of anilines is 1. The van der Waals surface area contributed by atoms with Gasteiger partial charge in [-0.2, -0.15) is 0 Å². The highest BCUT2D eigenvalue weighted by molar-refractivity contribution is 5.91. The molecule has 1 aromatic heterocycles. The van der Waals surface area contributed by atoms with Crippen molar-refractivity contribution in [3.63, 3.8) is 0 Å². The van der Waals surface area contributed by atoms with Crippen LogP contribution >= 0.6 is 0 Å². The van der Waals surface area contributed by atoms with Gasteiger partial charge in [-0.25, -0.2) is 0 Å². The minimum Gasteiger partial charge on any atom is -0.355 e. The van der Waals surface area contributed by atoms with Crippen LogP contribution in [0.1, 0.15) is 41.5 Å². The van der Waals surface area contributed by atoms with Gasteiger partial charge in [0.15, 0.2) is 0 Å². The Morgan fingerprint density at radius 2 is 1.67 bits per heavy atom. The lowest BCUT2D eigenvalue weighted by Crippen LogP contribution is -1.97. The van der Waals surface area contributed by atoms with Gasteiger partial charge in [-0.1, -0.05) is 58.0 Å². The quantitative estimate of drug-likeness (QED) is 0.681. The van der Waals surface area contributed by atoms with Crippen LogP contribution in [-0.4, -0.2) is 4.98 Å². The molecule has 0 unspecified atom stereocenters. The normalized spacial score (nSPS) is 10.5. The lowest BCUT2D eigenvalue weighted by atomic mass is 10.2. The van der Waals surface area contributed by atoms with Gasteiger partial charge < -0.3 is 5.32 Å². The van der Waals surface area contributed by atoms with Crippen molar-refractivity contribution in [1.29, 1.82) is 0 Å². The largest absolute Gasteiger partial charge is 0.355 e. The van der Waals surface area contributed by atoms with Crippen molar-refractivity contribution in [3.8, 4) is 0 Å².